The molecule has 0 radical (unpaired) electrons. The number of carbonyl (C=O) groups is 1. The largest absolute Gasteiger partial charge is 0.493 e. The molecule has 2 aromatic rings. The minimum absolute atomic E-state index is 0.0401. The summed E-state index contributed by atoms with van der Waals surface area (Å²) >= 11 is 0. The molecule has 0 spiro atoms. The van der Waals surface area contributed by atoms with E-state index in [9.17, 15) is 4.79 Å². The molecule has 0 N–H and O–H groups in total. The molecule has 0 bridgehead atoms. The van der Waals surface area contributed by atoms with Crippen molar-refractivity contribution in [2.75, 3.05) is 27.3 Å². The van der Waals surface area contributed by atoms with E-state index in [2.05, 4.69) is 4.99 Å². The van der Waals surface area contributed by atoms with E-state index in [1.54, 1.807) is 14.2 Å². The highest BCUT2D eigenvalue weighted by Gasteiger charge is 2.28. The van der Waals surface area contributed by atoms with Gasteiger partial charge in [0.1, 0.15) is 5.71 Å². The van der Waals surface area contributed by atoms with Crippen LogP contribution in [0.25, 0.3) is 0 Å². The summed E-state index contributed by atoms with van der Waals surface area (Å²) in [5, 5.41) is 0. The van der Waals surface area contributed by atoms with Gasteiger partial charge in [0.05, 0.1) is 14.2 Å². The molecule has 0 fully saturated rings. The standard InChI is InChI=1S/C21H24N2O3/c1-4-22-20-17-13-19(26-3)18(25-2)12-16(17)10-11-23(21(20)24)14-15-8-6-5-7-9-15/h5-9,12-13H,4,10-11,14H2,1-3H3. The van der Waals surface area contributed by atoms with E-state index in [0.29, 0.717) is 36.8 Å². The Kier molecular flexibility index (Phi) is 5.56. The second-order valence-electron chi connectivity index (χ2n) is 6.15. The summed E-state index contributed by atoms with van der Waals surface area (Å²) in [5.74, 6) is 1.24. The summed E-state index contributed by atoms with van der Waals surface area (Å²) in [6.07, 6.45) is 0.747. The van der Waals surface area contributed by atoms with Crippen molar-refractivity contribution >= 4 is 11.6 Å². The van der Waals surface area contributed by atoms with Gasteiger partial charge in [0.15, 0.2) is 11.5 Å². The lowest BCUT2D eigenvalue weighted by Gasteiger charge is -2.21. The highest BCUT2D eigenvalue weighted by molar-refractivity contribution is 6.45. The first-order chi connectivity index (χ1) is 12.7. The molecule has 0 saturated carbocycles. The molecule has 26 heavy (non-hydrogen) atoms. The molecular weight excluding hydrogens is 328 g/mol. The molecule has 1 heterocycles. The highest BCUT2D eigenvalue weighted by atomic mass is 16.5. The van der Waals surface area contributed by atoms with Crippen LogP contribution >= 0.6 is 0 Å². The van der Waals surface area contributed by atoms with Gasteiger partial charge in [0.2, 0.25) is 0 Å². The van der Waals surface area contributed by atoms with Gasteiger partial charge in [-0.15, -0.1) is 0 Å². The van der Waals surface area contributed by atoms with Crippen LogP contribution in [0.1, 0.15) is 23.6 Å². The predicted octanol–water partition coefficient (Wildman–Crippen LogP) is 3.10. The Balaban J connectivity index is 2.01. The van der Waals surface area contributed by atoms with E-state index in [-0.39, 0.29) is 5.91 Å². The van der Waals surface area contributed by atoms with Crippen molar-refractivity contribution in [2.24, 2.45) is 4.99 Å². The average molecular weight is 352 g/mol. The molecule has 3 rings (SSSR count). The quantitative estimate of drug-likeness (QED) is 0.831. The molecular formula is C21H24N2O3. The molecule has 1 amide bonds. The first-order valence-corrected chi connectivity index (χ1v) is 8.80. The Bertz CT molecular complexity index is 816. The number of hydrogen-bond donors (Lipinski definition) is 0. The maximum atomic E-state index is 13.2. The normalized spacial score (nSPS) is 15.6. The highest BCUT2D eigenvalue weighted by Crippen LogP contribution is 2.33. The maximum absolute atomic E-state index is 13.2. The maximum Gasteiger partial charge on any atom is 0.272 e. The summed E-state index contributed by atoms with van der Waals surface area (Å²) in [7, 11) is 3.22. The second-order valence-corrected chi connectivity index (χ2v) is 6.15. The van der Waals surface area contributed by atoms with Gasteiger partial charge in [0, 0.05) is 25.2 Å². The molecule has 1 aliphatic heterocycles. The van der Waals surface area contributed by atoms with Gasteiger partial charge in [-0.1, -0.05) is 30.3 Å². The fraction of sp³-hybridized carbons (Fsp3) is 0.333. The number of methoxy groups -OCH3 is 2. The van der Waals surface area contributed by atoms with E-state index >= 15 is 0 Å². The molecule has 1 aliphatic rings. The third kappa shape index (κ3) is 3.57. The summed E-state index contributed by atoms with van der Waals surface area (Å²) in [6.45, 7) is 3.70. The third-order valence-electron chi connectivity index (χ3n) is 4.54. The van der Waals surface area contributed by atoms with Crippen molar-refractivity contribution in [3.8, 4) is 11.5 Å². The fourth-order valence-electron chi connectivity index (χ4n) is 3.24. The average Bonchev–Trinajstić information content (AvgIpc) is 2.80. The topological polar surface area (TPSA) is 51.1 Å². The Hall–Kier alpha value is -2.82. The first kappa shape index (κ1) is 18.0. The van der Waals surface area contributed by atoms with Gasteiger partial charge in [0.25, 0.3) is 5.91 Å². The van der Waals surface area contributed by atoms with Gasteiger partial charge in [-0.25, -0.2) is 0 Å². The van der Waals surface area contributed by atoms with Crippen molar-refractivity contribution in [1.29, 1.82) is 0 Å². The van der Waals surface area contributed by atoms with Crippen LogP contribution in [0, 0.1) is 0 Å². The molecule has 0 aromatic heterocycles. The van der Waals surface area contributed by atoms with E-state index < -0.39 is 0 Å². The number of amides is 1. The lowest BCUT2D eigenvalue weighted by molar-refractivity contribution is -0.124. The number of fused-ring (bicyclic) bond motifs is 1. The summed E-state index contributed by atoms with van der Waals surface area (Å²) < 4.78 is 10.8. The molecule has 0 saturated heterocycles. The Morgan fingerprint density at radius 2 is 1.77 bits per heavy atom. The fourth-order valence-corrected chi connectivity index (χ4v) is 3.24. The number of ether oxygens (including phenoxy) is 2. The van der Waals surface area contributed by atoms with Gasteiger partial charge in [-0.05, 0) is 36.6 Å². The summed E-state index contributed by atoms with van der Waals surface area (Å²) in [4.78, 5) is 19.6. The molecule has 0 atom stereocenters. The van der Waals surface area contributed by atoms with Crippen molar-refractivity contribution in [3.05, 3.63) is 59.2 Å². The third-order valence-corrected chi connectivity index (χ3v) is 4.54. The Morgan fingerprint density at radius 3 is 2.42 bits per heavy atom. The van der Waals surface area contributed by atoms with Crippen LogP contribution in [-0.4, -0.2) is 43.8 Å². The lowest BCUT2D eigenvalue weighted by Crippen LogP contribution is -2.36. The van der Waals surface area contributed by atoms with Crippen molar-refractivity contribution < 1.29 is 14.3 Å². The first-order valence-electron chi connectivity index (χ1n) is 8.80. The number of carbonyl (C=O) groups excluding carboxylic acids is 1. The van der Waals surface area contributed by atoms with Crippen LogP contribution in [0.4, 0.5) is 0 Å². The van der Waals surface area contributed by atoms with Crippen LogP contribution in [0.5, 0.6) is 11.5 Å². The van der Waals surface area contributed by atoms with E-state index in [1.807, 2.05) is 54.3 Å². The van der Waals surface area contributed by atoms with Crippen molar-refractivity contribution in [3.63, 3.8) is 0 Å². The number of hydrogen-bond acceptors (Lipinski definition) is 4. The molecule has 0 aliphatic carbocycles. The number of benzene rings is 2. The van der Waals surface area contributed by atoms with Gasteiger partial charge < -0.3 is 14.4 Å². The van der Waals surface area contributed by atoms with E-state index in [1.165, 1.54) is 0 Å². The van der Waals surface area contributed by atoms with Gasteiger partial charge >= 0.3 is 0 Å². The van der Waals surface area contributed by atoms with Gasteiger partial charge in [-0.2, -0.15) is 0 Å². The molecule has 2 aromatic carbocycles. The molecule has 136 valence electrons. The van der Waals surface area contributed by atoms with Crippen LogP contribution in [0.2, 0.25) is 0 Å². The van der Waals surface area contributed by atoms with Crippen LogP contribution in [-0.2, 0) is 17.8 Å². The van der Waals surface area contributed by atoms with Crippen molar-refractivity contribution in [1.82, 2.24) is 4.90 Å². The van der Waals surface area contributed by atoms with E-state index in [4.69, 9.17) is 9.47 Å². The Morgan fingerprint density at radius 1 is 1.08 bits per heavy atom. The number of nitrogens with zero attached hydrogens (tertiary/aromatic N) is 2. The summed E-state index contributed by atoms with van der Waals surface area (Å²) in [6, 6.07) is 13.9. The zero-order chi connectivity index (χ0) is 18.5. The van der Waals surface area contributed by atoms with Crippen LogP contribution in [0.15, 0.2) is 47.5 Å². The number of rotatable bonds is 5. The molecule has 5 heteroatoms. The van der Waals surface area contributed by atoms with Crippen LogP contribution in [0.3, 0.4) is 0 Å². The zero-order valence-corrected chi connectivity index (χ0v) is 15.5. The smallest absolute Gasteiger partial charge is 0.272 e. The second kappa shape index (κ2) is 8.04. The SMILES string of the molecule is CCN=C1C(=O)N(Cc2ccccc2)CCc2cc(OC)c(OC)cc21. The Labute approximate surface area is 154 Å². The minimum Gasteiger partial charge on any atom is -0.493 e. The van der Waals surface area contributed by atoms with Crippen molar-refractivity contribution in [2.45, 2.75) is 19.9 Å². The molecule has 0 unspecified atom stereocenters. The zero-order valence-electron chi connectivity index (χ0n) is 15.5. The molecule has 5 nitrogen and oxygen atoms in total. The lowest BCUT2D eigenvalue weighted by atomic mass is 10.00. The monoisotopic (exact) mass is 352 g/mol. The van der Waals surface area contributed by atoms with E-state index in [0.717, 1.165) is 23.1 Å². The van der Waals surface area contributed by atoms with Gasteiger partial charge in [-0.3, -0.25) is 9.79 Å². The summed E-state index contributed by atoms with van der Waals surface area (Å²) in [5.41, 5.74) is 3.50. The minimum atomic E-state index is -0.0401. The van der Waals surface area contributed by atoms with Crippen LogP contribution < -0.4 is 9.47 Å². The number of aliphatic imine (C=N–C) groups is 1. The predicted molar refractivity (Wildman–Crippen MR) is 102 cm³/mol.